The lowest BCUT2D eigenvalue weighted by molar-refractivity contribution is -0.0367. The molecule has 1 aliphatic heterocycles. The number of piperidine rings is 1. The Morgan fingerprint density at radius 3 is 3.00 bits per heavy atom. The van der Waals surface area contributed by atoms with Crippen molar-refractivity contribution in [3.8, 4) is 0 Å². The van der Waals surface area contributed by atoms with Crippen molar-refractivity contribution in [1.29, 1.82) is 0 Å². The first kappa shape index (κ1) is 15.9. The first-order valence-corrected chi connectivity index (χ1v) is 9.06. The van der Waals surface area contributed by atoms with E-state index in [0.717, 1.165) is 36.1 Å². The molecular formula is C20H26N2O2. The van der Waals surface area contributed by atoms with Gasteiger partial charge in [0.15, 0.2) is 0 Å². The number of likely N-dealkylation sites (tertiary alicyclic amines) is 1. The molecule has 4 nitrogen and oxygen atoms in total. The maximum absolute atomic E-state index is 12.4. The zero-order valence-corrected chi connectivity index (χ0v) is 14.4. The Morgan fingerprint density at radius 1 is 1.29 bits per heavy atom. The van der Waals surface area contributed by atoms with Crippen LogP contribution in [0.15, 0.2) is 35.1 Å². The minimum Gasteiger partial charge on any atom is -0.381 e. The van der Waals surface area contributed by atoms with Crippen molar-refractivity contribution in [3.05, 3.63) is 46.2 Å². The van der Waals surface area contributed by atoms with Crippen molar-refractivity contribution in [3.63, 3.8) is 0 Å². The predicted octanol–water partition coefficient (Wildman–Crippen LogP) is 3.31. The number of pyridine rings is 1. The summed E-state index contributed by atoms with van der Waals surface area (Å²) in [7, 11) is 1.85. The highest BCUT2D eigenvalue weighted by atomic mass is 16.5. The van der Waals surface area contributed by atoms with Gasteiger partial charge in [0, 0.05) is 36.7 Å². The lowest BCUT2D eigenvalue weighted by Crippen LogP contribution is -2.47. The third-order valence-electron chi connectivity index (χ3n) is 6.02. The minimum absolute atomic E-state index is 0.0445. The van der Waals surface area contributed by atoms with Crippen LogP contribution in [0.4, 0.5) is 0 Å². The lowest BCUT2D eigenvalue weighted by Gasteiger charge is -2.43. The molecule has 2 aromatic rings. The Kier molecular flexibility index (Phi) is 4.19. The van der Waals surface area contributed by atoms with Gasteiger partial charge in [-0.3, -0.25) is 9.69 Å². The molecule has 2 aliphatic rings. The van der Waals surface area contributed by atoms with Crippen molar-refractivity contribution < 1.29 is 4.74 Å². The van der Waals surface area contributed by atoms with Crippen LogP contribution in [0, 0.1) is 5.41 Å². The van der Waals surface area contributed by atoms with Crippen LogP contribution < -0.4 is 5.56 Å². The number of aromatic amines is 1. The number of benzene rings is 1. The van der Waals surface area contributed by atoms with Crippen LogP contribution in [0.25, 0.3) is 10.9 Å². The number of nitrogens with one attached hydrogen (secondary N) is 1. The van der Waals surface area contributed by atoms with Gasteiger partial charge in [0.25, 0.3) is 5.56 Å². The zero-order valence-electron chi connectivity index (χ0n) is 14.4. The summed E-state index contributed by atoms with van der Waals surface area (Å²) in [4.78, 5) is 17.9. The van der Waals surface area contributed by atoms with Crippen LogP contribution in [0.3, 0.4) is 0 Å². The molecule has 128 valence electrons. The molecule has 1 aromatic heterocycles. The van der Waals surface area contributed by atoms with Gasteiger partial charge in [-0.05, 0) is 49.7 Å². The number of para-hydroxylation sites is 1. The molecule has 0 amide bonds. The van der Waals surface area contributed by atoms with Gasteiger partial charge in [0.1, 0.15) is 0 Å². The van der Waals surface area contributed by atoms with E-state index in [1.54, 1.807) is 0 Å². The molecule has 24 heavy (non-hydrogen) atoms. The molecule has 2 heterocycles. The highest BCUT2D eigenvalue weighted by molar-refractivity contribution is 5.78. The monoisotopic (exact) mass is 326 g/mol. The fourth-order valence-corrected chi connectivity index (χ4v) is 4.89. The molecule has 1 aromatic carbocycles. The fourth-order valence-electron chi connectivity index (χ4n) is 4.89. The summed E-state index contributed by atoms with van der Waals surface area (Å²) >= 11 is 0. The van der Waals surface area contributed by atoms with E-state index in [9.17, 15) is 4.79 Å². The zero-order chi connectivity index (χ0) is 16.6. The summed E-state index contributed by atoms with van der Waals surface area (Å²) in [5.41, 5.74) is 2.13. The van der Waals surface area contributed by atoms with Crippen LogP contribution in [0.2, 0.25) is 0 Å². The van der Waals surface area contributed by atoms with E-state index >= 15 is 0 Å². The third-order valence-corrected chi connectivity index (χ3v) is 6.02. The fraction of sp³-hybridized carbons (Fsp3) is 0.550. The number of nitrogens with zero attached hydrogens (tertiary/aromatic N) is 1. The molecule has 4 heteroatoms. The number of ether oxygens (including phenoxy) is 1. The van der Waals surface area contributed by atoms with Crippen LogP contribution in [0.1, 0.15) is 37.7 Å². The molecule has 1 N–H and O–H groups in total. The van der Waals surface area contributed by atoms with Gasteiger partial charge in [-0.2, -0.15) is 0 Å². The Bertz CT molecular complexity index is 785. The van der Waals surface area contributed by atoms with Gasteiger partial charge in [0.05, 0.1) is 6.10 Å². The largest absolute Gasteiger partial charge is 0.381 e. The molecule has 0 unspecified atom stereocenters. The molecule has 0 bridgehead atoms. The SMILES string of the molecule is CO[C@@H]1CCC[C@]12CCCN(Cc1cc3ccccc3[nH]c1=O)C2. The second-order valence-corrected chi connectivity index (χ2v) is 7.50. The Morgan fingerprint density at radius 2 is 2.12 bits per heavy atom. The number of H-pyrrole nitrogens is 1. The van der Waals surface area contributed by atoms with Crippen LogP contribution in [-0.2, 0) is 11.3 Å². The van der Waals surface area contributed by atoms with Crippen LogP contribution in [-0.4, -0.2) is 36.2 Å². The molecule has 1 spiro atoms. The Hall–Kier alpha value is -1.65. The number of aromatic nitrogens is 1. The summed E-state index contributed by atoms with van der Waals surface area (Å²) in [5.74, 6) is 0. The molecular weight excluding hydrogens is 300 g/mol. The highest BCUT2D eigenvalue weighted by Gasteiger charge is 2.45. The molecule has 2 atom stereocenters. The average Bonchev–Trinajstić information content (AvgIpc) is 2.97. The van der Waals surface area contributed by atoms with Crippen LogP contribution in [0.5, 0.6) is 0 Å². The highest BCUT2D eigenvalue weighted by Crippen LogP contribution is 2.46. The van der Waals surface area contributed by atoms with Gasteiger partial charge in [-0.1, -0.05) is 24.6 Å². The number of fused-ring (bicyclic) bond motifs is 1. The summed E-state index contributed by atoms with van der Waals surface area (Å²) in [6, 6.07) is 10.0. The molecule has 0 radical (unpaired) electrons. The maximum atomic E-state index is 12.4. The van der Waals surface area contributed by atoms with E-state index in [-0.39, 0.29) is 5.56 Å². The minimum atomic E-state index is 0.0445. The Labute approximate surface area is 142 Å². The number of hydrogen-bond donors (Lipinski definition) is 1. The predicted molar refractivity (Wildman–Crippen MR) is 96.2 cm³/mol. The first-order valence-electron chi connectivity index (χ1n) is 9.06. The second kappa shape index (κ2) is 6.34. The smallest absolute Gasteiger partial charge is 0.252 e. The summed E-state index contributed by atoms with van der Waals surface area (Å²) in [6.07, 6.45) is 6.55. The first-order chi connectivity index (χ1) is 11.7. The van der Waals surface area contributed by atoms with Crippen LogP contribution >= 0.6 is 0 Å². The Balaban J connectivity index is 1.57. The van der Waals surface area contributed by atoms with E-state index in [2.05, 4.69) is 22.0 Å². The van der Waals surface area contributed by atoms with E-state index in [0.29, 0.717) is 11.5 Å². The summed E-state index contributed by atoms with van der Waals surface area (Å²) in [5, 5.41) is 1.11. The van der Waals surface area contributed by atoms with E-state index in [4.69, 9.17) is 4.74 Å². The number of methoxy groups -OCH3 is 1. The van der Waals surface area contributed by atoms with Gasteiger partial charge >= 0.3 is 0 Å². The van der Waals surface area contributed by atoms with E-state index in [1.165, 1.54) is 32.1 Å². The van der Waals surface area contributed by atoms with E-state index in [1.807, 2.05) is 25.3 Å². The summed E-state index contributed by atoms with van der Waals surface area (Å²) in [6.45, 7) is 2.86. The van der Waals surface area contributed by atoms with Crippen molar-refractivity contribution in [1.82, 2.24) is 9.88 Å². The van der Waals surface area contributed by atoms with Gasteiger partial charge in [-0.15, -0.1) is 0 Å². The molecule has 1 aliphatic carbocycles. The van der Waals surface area contributed by atoms with Gasteiger partial charge in [-0.25, -0.2) is 0 Å². The van der Waals surface area contributed by atoms with Crippen molar-refractivity contribution in [2.75, 3.05) is 20.2 Å². The second-order valence-electron chi connectivity index (χ2n) is 7.50. The average molecular weight is 326 g/mol. The third kappa shape index (κ3) is 2.78. The van der Waals surface area contributed by atoms with Crippen molar-refractivity contribution in [2.24, 2.45) is 5.41 Å². The standard InChI is InChI=1S/C20H26N2O2/c1-24-18-8-4-9-20(18)10-5-11-22(14-20)13-16-12-15-6-2-3-7-17(15)21-19(16)23/h2-3,6-7,12,18H,4-5,8-11,13-14H2,1H3,(H,21,23)/t18-,20-/m1/s1. The van der Waals surface area contributed by atoms with E-state index < -0.39 is 0 Å². The van der Waals surface area contributed by atoms with Gasteiger partial charge < -0.3 is 9.72 Å². The molecule has 4 rings (SSSR count). The number of rotatable bonds is 3. The summed E-state index contributed by atoms with van der Waals surface area (Å²) < 4.78 is 5.79. The number of hydrogen-bond acceptors (Lipinski definition) is 3. The molecule has 1 saturated carbocycles. The topological polar surface area (TPSA) is 45.3 Å². The van der Waals surface area contributed by atoms with Crippen molar-refractivity contribution in [2.45, 2.75) is 44.8 Å². The van der Waals surface area contributed by atoms with Crippen molar-refractivity contribution >= 4 is 10.9 Å². The molecule has 2 fully saturated rings. The lowest BCUT2D eigenvalue weighted by atomic mass is 9.76. The quantitative estimate of drug-likeness (QED) is 0.941. The van der Waals surface area contributed by atoms with Gasteiger partial charge in [0.2, 0.25) is 0 Å². The molecule has 1 saturated heterocycles. The normalized spacial score (nSPS) is 28.0. The maximum Gasteiger partial charge on any atom is 0.252 e.